The lowest BCUT2D eigenvalue weighted by Gasteiger charge is -2.40. The van der Waals surface area contributed by atoms with E-state index in [-0.39, 0.29) is 40.2 Å². The molecule has 2 bridgehead atoms. The number of Topliss-reactive ketones (excluding diaryl/α,β-unsaturated/α-hetero) is 5. The standard InChI is InChI=1S/C32H34O11/c1-8-9-18(35)21-23(37)14-10-16-25(39)19(12(2)33)27(41)31(4,5)29(16)43-30-17(11-15(22(14)36)24(21)38)26(40)20(13(3)34)28(42)32(30,6)7/h36-38,41-42H,8-11H2,1-7H3. The third-order valence-electron chi connectivity index (χ3n) is 8.33. The summed E-state index contributed by atoms with van der Waals surface area (Å²) in [5, 5.41) is 56.2. The highest BCUT2D eigenvalue weighted by Gasteiger charge is 2.50. The average Bonchev–Trinajstić information content (AvgIpc) is 2.88. The Morgan fingerprint density at radius 1 is 0.698 bits per heavy atom. The Morgan fingerprint density at radius 2 is 1.07 bits per heavy atom. The van der Waals surface area contributed by atoms with Crippen molar-refractivity contribution in [2.45, 2.75) is 74.1 Å². The number of hydrogen-bond donors (Lipinski definition) is 5. The molecule has 0 spiro atoms. The van der Waals surface area contributed by atoms with Crippen LogP contribution in [0, 0.1) is 10.8 Å². The van der Waals surface area contributed by atoms with Gasteiger partial charge in [0, 0.05) is 41.5 Å². The van der Waals surface area contributed by atoms with E-state index in [1.807, 2.05) is 0 Å². The first kappa shape index (κ1) is 31.3. The molecule has 0 radical (unpaired) electrons. The van der Waals surface area contributed by atoms with Crippen LogP contribution in [0.25, 0.3) is 0 Å². The molecule has 0 unspecified atom stereocenters. The predicted octanol–water partition coefficient (Wildman–Crippen LogP) is 4.43. The molecule has 0 saturated heterocycles. The molecule has 0 amide bonds. The van der Waals surface area contributed by atoms with Crippen LogP contribution >= 0.6 is 0 Å². The van der Waals surface area contributed by atoms with E-state index in [2.05, 4.69) is 0 Å². The van der Waals surface area contributed by atoms with Crippen LogP contribution in [0.3, 0.4) is 0 Å². The van der Waals surface area contributed by atoms with Crippen molar-refractivity contribution in [3.05, 3.63) is 62.0 Å². The second-order valence-corrected chi connectivity index (χ2v) is 12.1. The van der Waals surface area contributed by atoms with Crippen molar-refractivity contribution in [1.82, 2.24) is 0 Å². The zero-order chi connectivity index (χ0) is 32.5. The maximum Gasteiger partial charge on any atom is 0.199 e. The van der Waals surface area contributed by atoms with Gasteiger partial charge in [-0.25, -0.2) is 0 Å². The molecule has 1 heterocycles. The van der Waals surface area contributed by atoms with E-state index in [9.17, 15) is 49.5 Å². The van der Waals surface area contributed by atoms with E-state index < -0.39 is 98.1 Å². The van der Waals surface area contributed by atoms with Crippen LogP contribution in [0.2, 0.25) is 0 Å². The molecule has 1 aromatic rings. The minimum atomic E-state index is -1.59. The monoisotopic (exact) mass is 594 g/mol. The number of benzene rings is 1. The fraction of sp³-hybridized carbons (Fsp3) is 0.406. The number of carbonyl (C=O) groups excluding carboxylic acids is 5. The molecule has 11 nitrogen and oxygen atoms in total. The van der Waals surface area contributed by atoms with Gasteiger partial charge in [0.25, 0.3) is 0 Å². The van der Waals surface area contributed by atoms with E-state index >= 15 is 0 Å². The number of aliphatic hydroxyl groups excluding tert-OH is 2. The Bertz CT molecular complexity index is 1580. The van der Waals surface area contributed by atoms with Gasteiger partial charge in [0.05, 0.1) is 10.8 Å². The molecule has 228 valence electrons. The van der Waals surface area contributed by atoms with Gasteiger partial charge in [0.15, 0.2) is 28.9 Å². The minimum absolute atomic E-state index is 0.0934. The van der Waals surface area contributed by atoms with E-state index in [4.69, 9.17) is 4.74 Å². The Kier molecular flexibility index (Phi) is 7.45. The Morgan fingerprint density at radius 3 is 1.40 bits per heavy atom. The first-order chi connectivity index (χ1) is 19.8. The van der Waals surface area contributed by atoms with Crippen LogP contribution < -0.4 is 0 Å². The second-order valence-electron chi connectivity index (χ2n) is 12.1. The highest BCUT2D eigenvalue weighted by molar-refractivity contribution is 6.28. The largest absolute Gasteiger partial charge is 0.510 e. The normalized spacial score (nSPS) is 19.6. The number of rotatable bonds is 5. The molecular formula is C32H34O11. The van der Waals surface area contributed by atoms with Gasteiger partial charge in [-0.2, -0.15) is 0 Å². The van der Waals surface area contributed by atoms with Crippen molar-refractivity contribution in [1.29, 1.82) is 0 Å². The molecule has 1 aromatic carbocycles. The summed E-state index contributed by atoms with van der Waals surface area (Å²) in [6.07, 6.45) is -0.948. The lowest BCUT2D eigenvalue weighted by atomic mass is 9.72. The molecule has 0 saturated carbocycles. The molecule has 11 heteroatoms. The molecule has 5 N–H and O–H groups in total. The number of carbonyl (C=O) groups is 5. The third kappa shape index (κ3) is 4.45. The van der Waals surface area contributed by atoms with Gasteiger partial charge in [0.1, 0.15) is 57.0 Å². The smallest absolute Gasteiger partial charge is 0.199 e. The van der Waals surface area contributed by atoms with Crippen LogP contribution in [0.15, 0.2) is 45.3 Å². The van der Waals surface area contributed by atoms with Crippen molar-refractivity contribution in [3.63, 3.8) is 0 Å². The summed E-state index contributed by atoms with van der Waals surface area (Å²) in [6.45, 7) is 9.66. The molecule has 0 atom stereocenters. The predicted molar refractivity (Wildman–Crippen MR) is 151 cm³/mol. The summed E-state index contributed by atoms with van der Waals surface area (Å²) in [5.74, 6) is -8.24. The topological polar surface area (TPSA) is 196 Å². The molecule has 1 aliphatic heterocycles. The average molecular weight is 595 g/mol. The number of phenolic OH excluding ortho intramolecular Hbond substituents is 3. The van der Waals surface area contributed by atoms with E-state index in [0.717, 1.165) is 13.8 Å². The van der Waals surface area contributed by atoms with Crippen LogP contribution in [0.4, 0.5) is 0 Å². The molecular weight excluding hydrogens is 560 g/mol. The first-order valence-electron chi connectivity index (χ1n) is 13.8. The molecule has 4 rings (SSSR count). The first-order valence-corrected chi connectivity index (χ1v) is 13.8. The number of ketones is 5. The van der Waals surface area contributed by atoms with Gasteiger partial charge in [-0.05, 0) is 48.0 Å². The number of allylic oxidation sites excluding steroid dienone is 4. The van der Waals surface area contributed by atoms with Crippen LogP contribution in [-0.2, 0) is 36.8 Å². The zero-order valence-electron chi connectivity index (χ0n) is 25.0. The Labute approximate surface area is 247 Å². The number of hydrogen-bond acceptors (Lipinski definition) is 11. The number of phenols is 3. The second kappa shape index (κ2) is 10.3. The zero-order valence-corrected chi connectivity index (χ0v) is 25.0. The Balaban J connectivity index is 2.21. The summed E-state index contributed by atoms with van der Waals surface area (Å²) in [5.41, 5.74) is -6.11. The Hall–Kier alpha value is -4.67. The van der Waals surface area contributed by atoms with E-state index in [1.54, 1.807) is 6.92 Å². The van der Waals surface area contributed by atoms with Crippen molar-refractivity contribution in [2.75, 3.05) is 0 Å². The van der Waals surface area contributed by atoms with Crippen LogP contribution in [-0.4, -0.2) is 54.4 Å². The highest BCUT2D eigenvalue weighted by atomic mass is 16.5. The number of fused-ring (bicyclic) bond motifs is 2. The van der Waals surface area contributed by atoms with Crippen molar-refractivity contribution in [2.24, 2.45) is 10.8 Å². The van der Waals surface area contributed by atoms with Gasteiger partial charge in [-0.15, -0.1) is 0 Å². The van der Waals surface area contributed by atoms with E-state index in [1.165, 1.54) is 27.7 Å². The fourth-order valence-electron chi connectivity index (χ4n) is 5.90. The van der Waals surface area contributed by atoms with Crippen molar-refractivity contribution in [3.8, 4) is 17.2 Å². The molecule has 0 fully saturated rings. The summed E-state index contributed by atoms with van der Waals surface area (Å²) in [7, 11) is 0. The van der Waals surface area contributed by atoms with Crippen molar-refractivity contribution < 1.29 is 54.2 Å². The number of aromatic hydroxyl groups is 3. The molecule has 2 aliphatic carbocycles. The lowest BCUT2D eigenvalue weighted by Crippen LogP contribution is -2.38. The number of aliphatic hydroxyl groups is 2. The maximum atomic E-state index is 13.8. The minimum Gasteiger partial charge on any atom is -0.510 e. The molecule has 3 aliphatic rings. The van der Waals surface area contributed by atoms with Gasteiger partial charge < -0.3 is 30.3 Å². The highest BCUT2D eigenvalue weighted by Crippen LogP contribution is 2.53. The quantitative estimate of drug-likeness (QED) is 0.239. The van der Waals surface area contributed by atoms with Gasteiger partial charge in [0.2, 0.25) is 0 Å². The van der Waals surface area contributed by atoms with Gasteiger partial charge >= 0.3 is 0 Å². The van der Waals surface area contributed by atoms with Gasteiger partial charge in [-0.1, -0.05) is 6.92 Å². The number of ether oxygens (including phenoxy) is 1. The van der Waals surface area contributed by atoms with Crippen LogP contribution in [0.5, 0.6) is 17.2 Å². The summed E-state index contributed by atoms with van der Waals surface area (Å²) in [4.78, 5) is 65.8. The molecule has 0 aromatic heterocycles. The summed E-state index contributed by atoms with van der Waals surface area (Å²) in [6, 6.07) is 0. The van der Waals surface area contributed by atoms with Crippen LogP contribution in [0.1, 0.15) is 82.8 Å². The van der Waals surface area contributed by atoms with Gasteiger partial charge in [-0.3, -0.25) is 24.0 Å². The van der Waals surface area contributed by atoms with Crippen molar-refractivity contribution >= 4 is 28.9 Å². The SMILES string of the molecule is CCCC(=O)c1c(O)c2c(O)c(c1O)CC1=C(OC3=C(C2)C(=O)C(C(C)=O)=C(O)C3(C)C)C(C)(C)C(O)=C(C(C)=O)C1=O. The summed E-state index contributed by atoms with van der Waals surface area (Å²) >= 11 is 0. The third-order valence-corrected chi connectivity index (χ3v) is 8.33. The summed E-state index contributed by atoms with van der Waals surface area (Å²) < 4.78 is 6.32. The maximum absolute atomic E-state index is 13.8. The lowest BCUT2D eigenvalue weighted by molar-refractivity contribution is -0.121. The fourth-order valence-corrected chi connectivity index (χ4v) is 5.90. The van der Waals surface area contributed by atoms with E-state index in [0.29, 0.717) is 6.42 Å². The molecule has 43 heavy (non-hydrogen) atoms.